The zero-order valence-corrected chi connectivity index (χ0v) is 13.8. The topological polar surface area (TPSA) is 61.4 Å². The zero-order valence-electron chi connectivity index (χ0n) is 13.8. The largest absolute Gasteiger partial charge is 0.396 e. The van der Waals surface area contributed by atoms with Crippen molar-refractivity contribution in [3.05, 3.63) is 77.9 Å². The second kappa shape index (κ2) is 8.18. The Morgan fingerprint density at radius 3 is 2.56 bits per heavy atom. The third kappa shape index (κ3) is 4.97. The molecule has 126 valence electrons. The molecule has 0 saturated carbocycles. The van der Waals surface area contributed by atoms with Crippen molar-refractivity contribution in [3.63, 3.8) is 0 Å². The molecule has 0 spiro atoms. The molecular formula is C21H20N2O2. The summed E-state index contributed by atoms with van der Waals surface area (Å²) in [6.45, 7) is 0.110. The van der Waals surface area contributed by atoms with E-state index < -0.39 is 0 Å². The van der Waals surface area contributed by atoms with Crippen molar-refractivity contribution in [2.45, 2.75) is 12.5 Å². The second-order valence-electron chi connectivity index (χ2n) is 5.97. The van der Waals surface area contributed by atoms with Crippen molar-refractivity contribution in [2.75, 3.05) is 11.9 Å². The van der Waals surface area contributed by atoms with E-state index in [0.717, 1.165) is 17.5 Å². The Morgan fingerprint density at radius 1 is 1.04 bits per heavy atom. The summed E-state index contributed by atoms with van der Waals surface area (Å²) < 4.78 is 0. The van der Waals surface area contributed by atoms with Crippen molar-refractivity contribution < 1.29 is 9.90 Å². The summed E-state index contributed by atoms with van der Waals surface area (Å²) in [5.74, 6) is 6.33. The number of urea groups is 1. The molecule has 4 heteroatoms. The number of anilines is 1. The molecule has 1 aliphatic rings. The maximum absolute atomic E-state index is 12.1. The molecule has 0 heterocycles. The zero-order chi connectivity index (χ0) is 17.5. The first-order valence-corrected chi connectivity index (χ1v) is 8.27. The normalized spacial score (nSPS) is 18.3. The predicted octanol–water partition coefficient (Wildman–Crippen LogP) is 3.14. The molecule has 0 aliphatic heterocycles. The lowest BCUT2D eigenvalue weighted by molar-refractivity contribution is 0.238. The summed E-state index contributed by atoms with van der Waals surface area (Å²) in [4.78, 5) is 12.1. The molecule has 25 heavy (non-hydrogen) atoms. The van der Waals surface area contributed by atoms with Crippen LogP contribution in [0.5, 0.6) is 0 Å². The van der Waals surface area contributed by atoms with Crippen LogP contribution in [0.1, 0.15) is 17.5 Å². The summed E-state index contributed by atoms with van der Waals surface area (Å²) in [6, 6.07) is 16.9. The Balaban J connectivity index is 1.59. The van der Waals surface area contributed by atoms with Crippen LogP contribution < -0.4 is 10.6 Å². The van der Waals surface area contributed by atoms with E-state index in [1.165, 1.54) is 0 Å². The van der Waals surface area contributed by atoms with Gasteiger partial charge in [-0.25, -0.2) is 4.79 Å². The van der Waals surface area contributed by atoms with Gasteiger partial charge in [-0.3, -0.25) is 0 Å². The lowest BCUT2D eigenvalue weighted by Gasteiger charge is -2.13. The van der Waals surface area contributed by atoms with Crippen molar-refractivity contribution in [1.82, 2.24) is 5.32 Å². The van der Waals surface area contributed by atoms with E-state index in [9.17, 15) is 4.79 Å². The van der Waals surface area contributed by atoms with Crippen molar-refractivity contribution in [1.29, 1.82) is 0 Å². The fraction of sp³-hybridized carbons (Fsp3) is 0.190. The Labute approximate surface area is 147 Å². The first kappa shape index (κ1) is 16.8. The quantitative estimate of drug-likeness (QED) is 0.597. The van der Waals surface area contributed by atoms with Crippen molar-refractivity contribution >= 4 is 11.7 Å². The Morgan fingerprint density at radius 2 is 1.80 bits per heavy atom. The fourth-order valence-corrected chi connectivity index (χ4v) is 2.69. The van der Waals surface area contributed by atoms with Crippen LogP contribution in [0.3, 0.4) is 0 Å². The SMILES string of the molecule is O=C(Nc1cccc(C#Cc2ccccc2)c1)N[C@@H]1C=C[C@H](CO)C1. The van der Waals surface area contributed by atoms with Crippen LogP contribution in [0.25, 0.3) is 0 Å². The fourth-order valence-electron chi connectivity index (χ4n) is 2.69. The minimum Gasteiger partial charge on any atom is -0.396 e. The highest BCUT2D eigenvalue weighted by Crippen LogP contribution is 2.17. The van der Waals surface area contributed by atoms with E-state index in [1.807, 2.05) is 66.7 Å². The number of hydrogen-bond donors (Lipinski definition) is 3. The smallest absolute Gasteiger partial charge is 0.319 e. The highest BCUT2D eigenvalue weighted by atomic mass is 16.3. The third-order valence-corrected chi connectivity index (χ3v) is 3.97. The lowest BCUT2D eigenvalue weighted by Crippen LogP contribution is -2.36. The predicted molar refractivity (Wildman–Crippen MR) is 99.1 cm³/mol. The lowest BCUT2D eigenvalue weighted by atomic mass is 10.1. The van der Waals surface area contributed by atoms with E-state index in [4.69, 9.17) is 5.11 Å². The molecule has 3 N–H and O–H groups in total. The first-order valence-electron chi connectivity index (χ1n) is 8.27. The van der Waals surface area contributed by atoms with E-state index in [0.29, 0.717) is 5.69 Å². The van der Waals surface area contributed by atoms with Gasteiger partial charge in [0.05, 0.1) is 0 Å². The number of amides is 2. The first-order chi connectivity index (χ1) is 12.2. The van der Waals surface area contributed by atoms with Crippen molar-refractivity contribution in [2.24, 2.45) is 5.92 Å². The minimum absolute atomic E-state index is 0.0433. The summed E-state index contributed by atoms with van der Waals surface area (Å²) >= 11 is 0. The van der Waals surface area contributed by atoms with E-state index in [2.05, 4.69) is 22.5 Å². The van der Waals surface area contributed by atoms with Gasteiger partial charge in [0.1, 0.15) is 0 Å². The molecule has 0 unspecified atom stereocenters. The molecular weight excluding hydrogens is 312 g/mol. The molecule has 0 bridgehead atoms. The summed E-state index contributed by atoms with van der Waals surface area (Å²) in [6.07, 6.45) is 4.58. The Kier molecular flexibility index (Phi) is 5.50. The molecule has 1 aliphatic carbocycles. The molecule has 0 saturated heterocycles. The van der Waals surface area contributed by atoms with Gasteiger partial charge in [0.25, 0.3) is 0 Å². The van der Waals surface area contributed by atoms with E-state index >= 15 is 0 Å². The Hall–Kier alpha value is -3.03. The highest BCUT2D eigenvalue weighted by Gasteiger charge is 2.19. The highest BCUT2D eigenvalue weighted by molar-refractivity contribution is 5.89. The number of benzene rings is 2. The standard InChI is InChI=1S/C21H20N2O2/c24-15-18-11-12-20(14-18)23-21(25)22-19-8-4-7-17(13-19)10-9-16-5-2-1-3-6-16/h1-8,11-13,18,20,24H,14-15H2,(H2,22,23,25)/t18-,20+/m0/s1. The number of rotatable bonds is 3. The van der Waals surface area contributed by atoms with Gasteiger partial charge >= 0.3 is 6.03 Å². The number of carbonyl (C=O) groups excluding carboxylic acids is 1. The average Bonchev–Trinajstić information content (AvgIpc) is 3.08. The van der Waals surface area contributed by atoms with Crippen LogP contribution in [-0.2, 0) is 0 Å². The minimum atomic E-state index is -0.263. The van der Waals surface area contributed by atoms with Gasteiger partial charge in [0.2, 0.25) is 0 Å². The molecule has 3 rings (SSSR count). The molecule has 0 aromatic heterocycles. The van der Waals surface area contributed by atoms with Gasteiger partial charge in [-0.15, -0.1) is 0 Å². The second-order valence-corrected chi connectivity index (χ2v) is 5.97. The van der Waals surface area contributed by atoms with Crippen LogP contribution in [0, 0.1) is 17.8 Å². The maximum Gasteiger partial charge on any atom is 0.319 e. The van der Waals surface area contributed by atoms with E-state index in [-0.39, 0.29) is 24.6 Å². The van der Waals surface area contributed by atoms with Gasteiger partial charge in [-0.1, -0.05) is 48.3 Å². The Bertz CT molecular complexity index is 819. The van der Waals surface area contributed by atoms with Gasteiger partial charge in [-0.05, 0) is 36.8 Å². The molecule has 0 fully saturated rings. The van der Waals surface area contributed by atoms with Gasteiger partial charge in [0.15, 0.2) is 0 Å². The van der Waals surface area contributed by atoms with Gasteiger partial charge < -0.3 is 15.7 Å². The van der Waals surface area contributed by atoms with Gasteiger partial charge in [-0.2, -0.15) is 0 Å². The summed E-state index contributed by atoms with van der Waals surface area (Å²) in [5.41, 5.74) is 2.48. The van der Waals surface area contributed by atoms with Crippen LogP contribution in [0.15, 0.2) is 66.7 Å². The third-order valence-electron chi connectivity index (χ3n) is 3.97. The molecule has 2 aromatic rings. The van der Waals surface area contributed by atoms with Crippen LogP contribution >= 0.6 is 0 Å². The number of aliphatic hydroxyl groups excluding tert-OH is 1. The monoisotopic (exact) mass is 332 g/mol. The van der Waals surface area contributed by atoms with Crippen molar-refractivity contribution in [3.8, 4) is 11.8 Å². The summed E-state index contributed by atoms with van der Waals surface area (Å²) in [7, 11) is 0. The number of carbonyl (C=O) groups is 1. The average molecular weight is 332 g/mol. The molecule has 2 amide bonds. The van der Waals surface area contributed by atoms with Gasteiger partial charge in [0, 0.05) is 35.4 Å². The number of aliphatic hydroxyl groups is 1. The number of nitrogens with one attached hydrogen (secondary N) is 2. The molecule has 0 radical (unpaired) electrons. The van der Waals surface area contributed by atoms with Crippen LogP contribution in [0.4, 0.5) is 10.5 Å². The molecule has 4 nitrogen and oxygen atoms in total. The van der Waals surface area contributed by atoms with Crippen LogP contribution in [-0.4, -0.2) is 23.8 Å². The number of hydrogen-bond acceptors (Lipinski definition) is 2. The maximum atomic E-state index is 12.1. The van der Waals surface area contributed by atoms with E-state index in [1.54, 1.807) is 0 Å². The molecule has 2 aromatic carbocycles. The molecule has 2 atom stereocenters. The summed E-state index contributed by atoms with van der Waals surface area (Å²) in [5, 5.41) is 14.8. The van der Waals surface area contributed by atoms with Crippen LogP contribution in [0.2, 0.25) is 0 Å².